The van der Waals surface area contributed by atoms with E-state index in [4.69, 9.17) is 0 Å². The van der Waals surface area contributed by atoms with E-state index in [1.165, 1.54) is 12.2 Å². The lowest BCUT2D eigenvalue weighted by atomic mass is 10.2. The second kappa shape index (κ2) is 7.36. The lowest BCUT2D eigenvalue weighted by Gasteiger charge is -2.33. The minimum Gasteiger partial charge on any atom is -0.340 e. The minimum atomic E-state index is 0.336. The van der Waals surface area contributed by atoms with E-state index in [0.29, 0.717) is 12.3 Å². The molecule has 2 fully saturated rings. The summed E-state index contributed by atoms with van der Waals surface area (Å²) in [7, 11) is 0. The number of carbonyl (C=O) groups excluding carboxylic acids is 1. The van der Waals surface area contributed by atoms with Crippen LogP contribution in [0, 0.1) is 0 Å². The van der Waals surface area contributed by atoms with E-state index in [-0.39, 0.29) is 0 Å². The molecule has 1 amide bonds. The third-order valence-corrected chi connectivity index (χ3v) is 5.16. The van der Waals surface area contributed by atoms with E-state index in [0.717, 1.165) is 51.1 Å². The number of hydrogen-bond donors (Lipinski definition) is 1. The van der Waals surface area contributed by atoms with Gasteiger partial charge >= 0.3 is 0 Å². The minimum absolute atomic E-state index is 0.336. The second-order valence-corrected chi connectivity index (χ2v) is 6.49. The van der Waals surface area contributed by atoms with Gasteiger partial charge in [0.15, 0.2) is 0 Å². The van der Waals surface area contributed by atoms with Crippen LogP contribution in [0.4, 0.5) is 0 Å². The van der Waals surface area contributed by atoms with Gasteiger partial charge in [-0.1, -0.05) is 6.92 Å². The van der Waals surface area contributed by atoms with Gasteiger partial charge in [0.1, 0.15) is 0 Å². The summed E-state index contributed by atoms with van der Waals surface area (Å²) in [6, 6.07) is 0. The fourth-order valence-electron chi connectivity index (χ4n) is 2.56. The van der Waals surface area contributed by atoms with Crippen LogP contribution in [0.3, 0.4) is 0 Å². The van der Waals surface area contributed by atoms with Crippen LogP contribution >= 0.6 is 11.8 Å². The molecule has 2 aliphatic heterocycles. The average Bonchev–Trinajstić information content (AvgIpc) is 2.46. The molecule has 1 N–H and O–H groups in total. The zero-order chi connectivity index (χ0) is 12.8. The topological polar surface area (TPSA) is 35.6 Å². The van der Waals surface area contributed by atoms with Crippen molar-refractivity contribution < 1.29 is 4.79 Å². The zero-order valence-corrected chi connectivity index (χ0v) is 12.2. The second-order valence-electron chi connectivity index (χ2n) is 5.08. The Kier molecular flexibility index (Phi) is 5.79. The Morgan fingerprint density at radius 3 is 2.83 bits per heavy atom. The SMILES string of the molecule is CCC1CN(CCC(=O)N2CCNCC2)CCS1. The molecule has 0 saturated carbocycles. The smallest absolute Gasteiger partial charge is 0.223 e. The molecule has 0 radical (unpaired) electrons. The van der Waals surface area contributed by atoms with Crippen LogP contribution in [0.5, 0.6) is 0 Å². The van der Waals surface area contributed by atoms with Gasteiger partial charge in [0.25, 0.3) is 0 Å². The van der Waals surface area contributed by atoms with Crippen molar-refractivity contribution in [3.05, 3.63) is 0 Å². The van der Waals surface area contributed by atoms with Crippen molar-refractivity contribution in [2.75, 3.05) is 51.6 Å². The van der Waals surface area contributed by atoms with E-state index in [9.17, 15) is 4.79 Å². The highest BCUT2D eigenvalue weighted by atomic mass is 32.2. The largest absolute Gasteiger partial charge is 0.340 e. The van der Waals surface area contributed by atoms with Crippen LogP contribution in [0.25, 0.3) is 0 Å². The van der Waals surface area contributed by atoms with E-state index >= 15 is 0 Å². The number of nitrogens with one attached hydrogen (secondary N) is 1. The Morgan fingerprint density at radius 1 is 1.33 bits per heavy atom. The highest BCUT2D eigenvalue weighted by molar-refractivity contribution is 8.00. The van der Waals surface area contributed by atoms with Crippen LogP contribution in [-0.2, 0) is 4.79 Å². The van der Waals surface area contributed by atoms with Crippen molar-refractivity contribution in [1.29, 1.82) is 0 Å². The standard InChI is InChI=1S/C13H25N3OS/c1-2-12-11-15(9-10-18-12)6-3-13(17)16-7-4-14-5-8-16/h12,14H,2-11H2,1H3. The maximum Gasteiger partial charge on any atom is 0.223 e. The number of amides is 1. The predicted octanol–water partition coefficient (Wildman–Crippen LogP) is 0.636. The molecule has 2 aliphatic rings. The molecule has 0 bridgehead atoms. The molecule has 0 spiro atoms. The fraction of sp³-hybridized carbons (Fsp3) is 0.923. The molecule has 0 aromatic carbocycles. The lowest BCUT2D eigenvalue weighted by molar-refractivity contribution is -0.132. The van der Waals surface area contributed by atoms with Crippen molar-refractivity contribution in [3.63, 3.8) is 0 Å². The maximum absolute atomic E-state index is 12.1. The third kappa shape index (κ3) is 4.14. The van der Waals surface area contributed by atoms with Gasteiger partial charge in [-0.2, -0.15) is 11.8 Å². The summed E-state index contributed by atoms with van der Waals surface area (Å²) in [5.74, 6) is 1.56. The van der Waals surface area contributed by atoms with Gasteiger partial charge < -0.3 is 15.1 Å². The molecule has 1 atom stereocenters. The highest BCUT2D eigenvalue weighted by Gasteiger charge is 2.21. The molecule has 18 heavy (non-hydrogen) atoms. The van der Waals surface area contributed by atoms with Crippen molar-refractivity contribution >= 4 is 17.7 Å². The quantitative estimate of drug-likeness (QED) is 0.814. The number of piperazine rings is 1. The molecule has 0 aliphatic carbocycles. The summed E-state index contributed by atoms with van der Waals surface area (Å²) < 4.78 is 0. The van der Waals surface area contributed by atoms with Crippen molar-refractivity contribution in [3.8, 4) is 0 Å². The van der Waals surface area contributed by atoms with E-state index in [1.807, 2.05) is 4.90 Å². The number of carbonyl (C=O) groups is 1. The lowest BCUT2D eigenvalue weighted by Crippen LogP contribution is -2.47. The van der Waals surface area contributed by atoms with Gasteiger partial charge in [-0.3, -0.25) is 4.79 Å². The van der Waals surface area contributed by atoms with Gasteiger partial charge in [-0.15, -0.1) is 0 Å². The number of thioether (sulfide) groups is 1. The van der Waals surface area contributed by atoms with Gasteiger partial charge in [0.05, 0.1) is 0 Å². The Balaban J connectivity index is 1.68. The Morgan fingerprint density at radius 2 is 2.11 bits per heavy atom. The Labute approximate surface area is 114 Å². The summed E-state index contributed by atoms with van der Waals surface area (Å²) >= 11 is 2.08. The number of rotatable bonds is 4. The van der Waals surface area contributed by atoms with Gasteiger partial charge in [-0.25, -0.2) is 0 Å². The van der Waals surface area contributed by atoms with E-state index < -0.39 is 0 Å². The summed E-state index contributed by atoms with van der Waals surface area (Å²) in [5, 5.41) is 4.05. The van der Waals surface area contributed by atoms with E-state index in [1.54, 1.807) is 0 Å². The van der Waals surface area contributed by atoms with Crippen molar-refractivity contribution in [1.82, 2.24) is 15.1 Å². The highest BCUT2D eigenvalue weighted by Crippen LogP contribution is 2.21. The molecular weight excluding hydrogens is 246 g/mol. The molecule has 1 unspecified atom stereocenters. The first-order chi connectivity index (χ1) is 8.79. The van der Waals surface area contributed by atoms with Crippen LogP contribution in [-0.4, -0.2) is 72.5 Å². The Bertz CT molecular complexity index is 269. The van der Waals surface area contributed by atoms with E-state index in [2.05, 4.69) is 28.9 Å². The van der Waals surface area contributed by atoms with Crippen molar-refractivity contribution in [2.45, 2.75) is 25.0 Å². The van der Waals surface area contributed by atoms with Crippen LogP contribution in [0.2, 0.25) is 0 Å². The first kappa shape index (κ1) is 14.2. The average molecular weight is 271 g/mol. The molecule has 2 saturated heterocycles. The molecule has 2 heterocycles. The predicted molar refractivity (Wildman–Crippen MR) is 77.0 cm³/mol. The molecule has 4 nitrogen and oxygen atoms in total. The zero-order valence-electron chi connectivity index (χ0n) is 11.4. The summed E-state index contributed by atoms with van der Waals surface area (Å²) in [6.07, 6.45) is 1.94. The normalized spacial score (nSPS) is 26.3. The molecular formula is C13H25N3OS. The number of hydrogen-bond acceptors (Lipinski definition) is 4. The fourth-order valence-corrected chi connectivity index (χ4v) is 3.81. The molecule has 5 heteroatoms. The number of nitrogens with zero attached hydrogens (tertiary/aromatic N) is 2. The van der Waals surface area contributed by atoms with Crippen molar-refractivity contribution in [2.24, 2.45) is 0 Å². The third-order valence-electron chi connectivity index (χ3n) is 3.79. The monoisotopic (exact) mass is 271 g/mol. The van der Waals surface area contributed by atoms with Gasteiger partial charge in [-0.05, 0) is 6.42 Å². The summed E-state index contributed by atoms with van der Waals surface area (Å²) in [6.45, 7) is 9.17. The first-order valence-electron chi connectivity index (χ1n) is 7.12. The van der Waals surface area contributed by atoms with Crippen LogP contribution in [0.1, 0.15) is 19.8 Å². The first-order valence-corrected chi connectivity index (χ1v) is 8.17. The summed E-state index contributed by atoms with van der Waals surface area (Å²) in [5.41, 5.74) is 0. The van der Waals surface area contributed by atoms with Gasteiger partial charge in [0.2, 0.25) is 5.91 Å². The van der Waals surface area contributed by atoms with Gasteiger partial charge in [0, 0.05) is 63.2 Å². The molecule has 104 valence electrons. The van der Waals surface area contributed by atoms with Crippen LogP contribution < -0.4 is 5.32 Å². The Hall–Kier alpha value is -0.260. The summed E-state index contributed by atoms with van der Waals surface area (Å²) in [4.78, 5) is 16.5. The molecule has 2 rings (SSSR count). The maximum atomic E-state index is 12.1. The molecule has 0 aromatic rings. The van der Waals surface area contributed by atoms with Crippen LogP contribution in [0.15, 0.2) is 0 Å². The molecule has 0 aromatic heterocycles.